The lowest BCUT2D eigenvalue weighted by Gasteiger charge is -2.08. The van der Waals surface area contributed by atoms with Crippen molar-refractivity contribution in [3.63, 3.8) is 0 Å². The lowest BCUT2D eigenvalue weighted by molar-refractivity contribution is 0.0526. The molecule has 2 N–H and O–H groups in total. The highest BCUT2D eigenvalue weighted by Gasteiger charge is 2.13. The number of nitrogens with two attached hydrogens (primary N) is 1. The maximum absolute atomic E-state index is 11.8. The van der Waals surface area contributed by atoms with Crippen molar-refractivity contribution in [1.82, 2.24) is 15.0 Å². The van der Waals surface area contributed by atoms with E-state index in [-0.39, 0.29) is 5.97 Å². The number of ether oxygens (including phenoxy) is 1. The molecule has 0 saturated carbocycles. The molecule has 0 spiro atoms. The summed E-state index contributed by atoms with van der Waals surface area (Å²) in [6.07, 6.45) is 0. The first-order chi connectivity index (χ1) is 10.2. The Kier molecular flexibility index (Phi) is 3.27. The fraction of sp³-hybridized carbons (Fsp3) is 0.133. The number of nitrogen functional groups attached to an aromatic ring is 1. The Hall–Kier alpha value is -2.89. The second-order valence-corrected chi connectivity index (χ2v) is 4.48. The van der Waals surface area contributed by atoms with E-state index in [0.717, 1.165) is 11.0 Å². The third kappa shape index (κ3) is 2.31. The largest absolute Gasteiger partial charge is 0.462 e. The monoisotopic (exact) mass is 282 g/mol. The Labute approximate surface area is 121 Å². The quantitative estimate of drug-likeness (QED) is 0.588. The Bertz CT molecular complexity index is 810. The number of para-hydroxylation sites is 1. The van der Waals surface area contributed by atoms with E-state index in [0.29, 0.717) is 23.5 Å². The van der Waals surface area contributed by atoms with Gasteiger partial charge in [0.2, 0.25) is 0 Å². The zero-order valence-electron chi connectivity index (χ0n) is 11.5. The predicted octanol–water partition coefficient (Wildman–Crippen LogP) is 2.18. The van der Waals surface area contributed by atoms with Crippen LogP contribution in [-0.2, 0) is 4.74 Å². The van der Waals surface area contributed by atoms with Crippen molar-refractivity contribution in [2.24, 2.45) is 0 Å². The minimum atomic E-state index is -0.386. The molecule has 0 aliphatic rings. The van der Waals surface area contributed by atoms with Crippen molar-refractivity contribution in [1.29, 1.82) is 0 Å². The average Bonchev–Trinajstić information content (AvgIpc) is 2.92. The molecule has 3 rings (SSSR count). The van der Waals surface area contributed by atoms with E-state index >= 15 is 0 Å². The number of hydrogen-bond donors (Lipinski definition) is 1. The molecule has 0 amide bonds. The average molecular weight is 282 g/mol. The number of carbonyl (C=O) groups is 1. The number of benzene rings is 2. The van der Waals surface area contributed by atoms with Gasteiger partial charge < -0.3 is 10.5 Å². The minimum Gasteiger partial charge on any atom is -0.462 e. The third-order valence-corrected chi connectivity index (χ3v) is 3.12. The Morgan fingerprint density at radius 3 is 2.90 bits per heavy atom. The van der Waals surface area contributed by atoms with Gasteiger partial charge in [-0.2, -0.15) is 0 Å². The molecule has 0 atom stereocenters. The van der Waals surface area contributed by atoms with Gasteiger partial charge in [0.15, 0.2) is 0 Å². The first kappa shape index (κ1) is 13.1. The van der Waals surface area contributed by atoms with Gasteiger partial charge in [0, 0.05) is 0 Å². The van der Waals surface area contributed by atoms with Crippen LogP contribution < -0.4 is 5.73 Å². The molecular formula is C15H14N4O2. The molecule has 6 heteroatoms. The number of fused-ring (bicyclic) bond motifs is 1. The van der Waals surface area contributed by atoms with Crippen LogP contribution >= 0.6 is 0 Å². The van der Waals surface area contributed by atoms with Gasteiger partial charge in [0.25, 0.3) is 0 Å². The van der Waals surface area contributed by atoms with Crippen molar-refractivity contribution in [3.8, 4) is 5.69 Å². The van der Waals surface area contributed by atoms with Crippen LogP contribution in [0.4, 0.5) is 5.69 Å². The smallest absolute Gasteiger partial charge is 0.338 e. The molecule has 0 aliphatic heterocycles. The highest BCUT2D eigenvalue weighted by Crippen LogP contribution is 2.22. The highest BCUT2D eigenvalue weighted by atomic mass is 16.5. The molecule has 0 bridgehead atoms. The SMILES string of the molecule is CCOC(=O)c1ccc(N)c(-n2nnc3ccccc32)c1. The normalized spacial score (nSPS) is 10.7. The van der Waals surface area contributed by atoms with E-state index in [1.54, 1.807) is 29.8 Å². The Morgan fingerprint density at radius 2 is 2.10 bits per heavy atom. The van der Waals surface area contributed by atoms with Crippen LogP contribution in [0.2, 0.25) is 0 Å². The lowest BCUT2D eigenvalue weighted by atomic mass is 10.1. The molecule has 0 saturated heterocycles. The molecule has 0 unspecified atom stereocenters. The van der Waals surface area contributed by atoms with Gasteiger partial charge in [-0.25, -0.2) is 9.48 Å². The van der Waals surface area contributed by atoms with Crippen LogP contribution in [0.3, 0.4) is 0 Å². The summed E-state index contributed by atoms with van der Waals surface area (Å²) in [7, 11) is 0. The van der Waals surface area contributed by atoms with E-state index in [9.17, 15) is 4.79 Å². The fourth-order valence-electron chi connectivity index (χ4n) is 2.12. The molecular weight excluding hydrogens is 268 g/mol. The van der Waals surface area contributed by atoms with Gasteiger partial charge in [0.1, 0.15) is 5.52 Å². The number of rotatable bonds is 3. The summed E-state index contributed by atoms with van der Waals surface area (Å²) in [5, 5.41) is 8.20. The van der Waals surface area contributed by atoms with Crippen molar-refractivity contribution in [2.75, 3.05) is 12.3 Å². The molecule has 0 radical (unpaired) electrons. The van der Waals surface area contributed by atoms with Crippen LogP contribution in [-0.4, -0.2) is 27.6 Å². The van der Waals surface area contributed by atoms with Crippen molar-refractivity contribution in [2.45, 2.75) is 6.92 Å². The summed E-state index contributed by atoms with van der Waals surface area (Å²) in [4.78, 5) is 11.8. The molecule has 1 heterocycles. The zero-order valence-corrected chi connectivity index (χ0v) is 11.5. The molecule has 0 aliphatic carbocycles. The number of nitrogens with zero attached hydrogens (tertiary/aromatic N) is 3. The van der Waals surface area contributed by atoms with Crippen LogP contribution in [0.15, 0.2) is 42.5 Å². The molecule has 6 nitrogen and oxygen atoms in total. The molecule has 0 fully saturated rings. The van der Waals surface area contributed by atoms with Gasteiger partial charge in [-0.15, -0.1) is 5.10 Å². The van der Waals surface area contributed by atoms with Crippen molar-refractivity contribution in [3.05, 3.63) is 48.0 Å². The van der Waals surface area contributed by atoms with E-state index in [1.807, 2.05) is 24.3 Å². The number of hydrogen-bond acceptors (Lipinski definition) is 5. The van der Waals surface area contributed by atoms with Crippen molar-refractivity contribution < 1.29 is 9.53 Å². The summed E-state index contributed by atoms with van der Waals surface area (Å²) in [5.41, 5.74) is 9.14. The second kappa shape index (κ2) is 5.24. The Balaban J connectivity index is 2.13. The van der Waals surface area contributed by atoms with E-state index in [1.165, 1.54) is 0 Å². The van der Waals surface area contributed by atoms with Crippen LogP contribution in [0, 0.1) is 0 Å². The van der Waals surface area contributed by atoms with Crippen LogP contribution in [0.1, 0.15) is 17.3 Å². The maximum Gasteiger partial charge on any atom is 0.338 e. The summed E-state index contributed by atoms with van der Waals surface area (Å²) >= 11 is 0. The molecule has 106 valence electrons. The maximum atomic E-state index is 11.8. The van der Waals surface area contributed by atoms with E-state index in [2.05, 4.69) is 10.3 Å². The first-order valence-electron chi connectivity index (χ1n) is 6.58. The second-order valence-electron chi connectivity index (χ2n) is 4.48. The molecule has 3 aromatic rings. The fourth-order valence-corrected chi connectivity index (χ4v) is 2.12. The van der Waals surface area contributed by atoms with Gasteiger partial charge in [-0.05, 0) is 37.3 Å². The summed E-state index contributed by atoms with van der Waals surface area (Å²) in [6.45, 7) is 2.09. The Morgan fingerprint density at radius 1 is 1.29 bits per heavy atom. The zero-order chi connectivity index (χ0) is 14.8. The standard InChI is InChI=1S/C15H14N4O2/c1-2-21-15(20)10-7-8-11(16)14(9-10)19-13-6-4-3-5-12(13)17-18-19/h3-9H,2,16H2,1H3. The van der Waals surface area contributed by atoms with Gasteiger partial charge in [-0.3, -0.25) is 0 Å². The lowest BCUT2D eigenvalue weighted by Crippen LogP contribution is -2.08. The van der Waals surface area contributed by atoms with Crippen LogP contribution in [0.5, 0.6) is 0 Å². The molecule has 2 aromatic carbocycles. The summed E-state index contributed by atoms with van der Waals surface area (Å²) < 4.78 is 6.62. The predicted molar refractivity (Wildman–Crippen MR) is 79.2 cm³/mol. The number of anilines is 1. The van der Waals surface area contributed by atoms with Gasteiger partial charge >= 0.3 is 5.97 Å². The first-order valence-corrected chi connectivity index (χ1v) is 6.58. The van der Waals surface area contributed by atoms with Crippen molar-refractivity contribution >= 4 is 22.7 Å². The highest BCUT2D eigenvalue weighted by molar-refractivity contribution is 5.91. The topological polar surface area (TPSA) is 83.0 Å². The van der Waals surface area contributed by atoms with E-state index < -0.39 is 0 Å². The van der Waals surface area contributed by atoms with Gasteiger partial charge in [-0.1, -0.05) is 17.3 Å². The van der Waals surface area contributed by atoms with Crippen LogP contribution in [0.25, 0.3) is 16.7 Å². The molecule has 21 heavy (non-hydrogen) atoms. The summed E-state index contributed by atoms with van der Waals surface area (Å²) in [5.74, 6) is -0.386. The minimum absolute atomic E-state index is 0.324. The van der Waals surface area contributed by atoms with Gasteiger partial charge in [0.05, 0.1) is 29.1 Å². The number of esters is 1. The van der Waals surface area contributed by atoms with E-state index in [4.69, 9.17) is 10.5 Å². The number of aromatic nitrogens is 3. The third-order valence-electron chi connectivity index (χ3n) is 3.12. The summed E-state index contributed by atoms with van der Waals surface area (Å²) in [6, 6.07) is 12.5. The molecule has 1 aromatic heterocycles. The number of carbonyl (C=O) groups excluding carboxylic acids is 1.